The van der Waals surface area contributed by atoms with E-state index in [1.165, 1.54) is 37.6 Å². The topological polar surface area (TPSA) is 35.6 Å². The summed E-state index contributed by atoms with van der Waals surface area (Å²) >= 11 is 0. The summed E-state index contributed by atoms with van der Waals surface area (Å²) in [5.41, 5.74) is 2.57. The molecule has 0 radical (unpaired) electrons. The lowest BCUT2D eigenvalue weighted by Crippen LogP contribution is -2.47. The number of benzene rings is 2. The van der Waals surface area contributed by atoms with Crippen LogP contribution in [-0.2, 0) is 4.79 Å². The summed E-state index contributed by atoms with van der Waals surface area (Å²) in [5, 5.41) is 2.89. The van der Waals surface area contributed by atoms with Crippen molar-refractivity contribution < 1.29 is 9.18 Å². The summed E-state index contributed by atoms with van der Waals surface area (Å²) in [7, 11) is 0. The molecule has 4 rings (SSSR count). The molecule has 0 atom stereocenters. The van der Waals surface area contributed by atoms with Crippen LogP contribution in [0.2, 0.25) is 0 Å². The zero-order valence-electron chi connectivity index (χ0n) is 16.0. The number of anilines is 2. The Morgan fingerprint density at radius 3 is 2.61 bits per heavy atom. The van der Waals surface area contributed by atoms with Gasteiger partial charge in [-0.25, -0.2) is 4.39 Å². The van der Waals surface area contributed by atoms with E-state index in [2.05, 4.69) is 21.2 Å². The summed E-state index contributed by atoms with van der Waals surface area (Å²) in [6.45, 7) is 5.49. The molecule has 0 spiro atoms. The number of rotatable bonds is 6. The van der Waals surface area contributed by atoms with Crippen LogP contribution < -0.4 is 10.2 Å². The van der Waals surface area contributed by atoms with Gasteiger partial charge in [0.05, 0.1) is 0 Å². The molecular weight excluding hydrogens is 353 g/mol. The second-order valence-corrected chi connectivity index (χ2v) is 7.66. The van der Waals surface area contributed by atoms with Crippen molar-refractivity contribution in [1.29, 1.82) is 0 Å². The smallest absolute Gasteiger partial charge is 0.248 e. The average Bonchev–Trinajstić information content (AvgIpc) is 3.51. The van der Waals surface area contributed by atoms with Crippen molar-refractivity contribution in [3.05, 3.63) is 66.0 Å². The molecule has 1 N–H and O–H groups in total. The van der Waals surface area contributed by atoms with Crippen molar-refractivity contribution in [2.75, 3.05) is 42.9 Å². The number of carbonyl (C=O) groups is 1. The van der Waals surface area contributed by atoms with Gasteiger partial charge >= 0.3 is 0 Å². The molecule has 1 saturated carbocycles. The van der Waals surface area contributed by atoms with E-state index in [1.807, 2.05) is 18.2 Å². The maximum Gasteiger partial charge on any atom is 0.248 e. The Labute approximate surface area is 165 Å². The molecule has 0 bridgehead atoms. The second kappa shape index (κ2) is 8.57. The molecule has 0 unspecified atom stereocenters. The van der Waals surface area contributed by atoms with Gasteiger partial charge in [-0.3, -0.25) is 9.69 Å². The number of hydrogen-bond acceptors (Lipinski definition) is 3. The lowest BCUT2D eigenvalue weighted by Gasteiger charge is -2.36. The summed E-state index contributed by atoms with van der Waals surface area (Å²) in [4.78, 5) is 17.1. The Kier molecular flexibility index (Phi) is 5.72. The van der Waals surface area contributed by atoms with Gasteiger partial charge in [0.25, 0.3) is 0 Å². The third-order valence-electron chi connectivity index (χ3n) is 5.34. The number of nitrogens with zero attached hydrogens (tertiary/aromatic N) is 2. The Bertz CT molecular complexity index is 854. The van der Waals surface area contributed by atoms with E-state index in [0.717, 1.165) is 43.5 Å². The zero-order valence-corrected chi connectivity index (χ0v) is 16.0. The SMILES string of the molecule is O=C(/C=C/c1cccc(F)c1)Nc1cccc(N2CCN(CC3CC3)CC2)c1. The van der Waals surface area contributed by atoms with Crippen LogP contribution in [0.1, 0.15) is 18.4 Å². The highest BCUT2D eigenvalue weighted by molar-refractivity contribution is 6.02. The van der Waals surface area contributed by atoms with Gasteiger partial charge in [0, 0.05) is 50.2 Å². The molecule has 1 saturated heterocycles. The molecule has 28 heavy (non-hydrogen) atoms. The average molecular weight is 379 g/mol. The molecule has 1 aliphatic heterocycles. The van der Waals surface area contributed by atoms with Crippen LogP contribution in [0.15, 0.2) is 54.6 Å². The van der Waals surface area contributed by atoms with Crippen LogP contribution in [0.25, 0.3) is 6.08 Å². The third kappa shape index (κ3) is 5.20. The first-order chi connectivity index (χ1) is 13.7. The molecule has 1 heterocycles. The normalized spacial score (nSPS) is 17.8. The van der Waals surface area contributed by atoms with Gasteiger partial charge in [-0.05, 0) is 60.7 Å². The molecule has 2 aromatic carbocycles. The van der Waals surface area contributed by atoms with Gasteiger partial charge in [-0.2, -0.15) is 0 Å². The van der Waals surface area contributed by atoms with Crippen LogP contribution in [0.3, 0.4) is 0 Å². The molecule has 2 aromatic rings. The van der Waals surface area contributed by atoms with Crippen molar-refractivity contribution in [2.24, 2.45) is 5.92 Å². The maximum atomic E-state index is 13.2. The summed E-state index contributed by atoms with van der Waals surface area (Å²) in [6, 6.07) is 14.1. The monoisotopic (exact) mass is 379 g/mol. The van der Waals surface area contributed by atoms with Crippen LogP contribution in [0, 0.1) is 11.7 Å². The van der Waals surface area contributed by atoms with Gasteiger partial charge in [0.1, 0.15) is 5.82 Å². The van der Waals surface area contributed by atoms with Gasteiger partial charge < -0.3 is 10.2 Å². The number of amides is 1. The first-order valence-corrected chi connectivity index (χ1v) is 9.98. The third-order valence-corrected chi connectivity index (χ3v) is 5.34. The number of piperazine rings is 1. The number of carbonyl (C=O) groups excluding carboxylic acids is 1. The van der Waals surface area contributed by atoms with Gasteiger partial charge in [0.2, 0.25) is 5.91 Å². The second-order valence-electron chi connectivity index (χ2n) is 7.66. The minimum absolute atomic E-state index is 0.226. The van der Waals surface area contributed by atoms with Crippen molar-refractivity contribution in [1.82, 2.24) is 4.90 Å². The molecule has 146 valence electrons. The minimum atomic E-state index is -0.313. The fourth-order valence-corrected chi connectivity index (χ4v) is 3.60. The standard InChI is InChI=1S/C23H26FN3O/c24-20-4-1-3-18(15-20)9-10-23(28)25-21-5-2-6-22(16-21)27-13-11-26(12-14-27)17-19-7-8-19/h1-6,9-10,15-16,19H,7-8,11-14,17H2,(H,25,28)/b10-9+. The van der Waals surface area contributed by atoms with Crippen molar-refractivity contribution in [3.63, 3.8) is 0 Å². The Morgan fingerprint density at radius 1 is 1.07 bits per heavy atom. The maximum absolute atomic E-state index is 13.2. The molecule has 2 fully saturated rings. The number of halogens is 1. The molecule has 0 aromatic heterocycles. The minimum Gasteiger partial charge on any atom is -0.369 e. The molecule has 1 aliphatic carbocycles. The van der Waals surface area contributed by atoms with Crippen molar-refractivity contribution in [3.8, 4) is 0 Å². The van der Waals surface area contributed by atoms with E-state index in [4.69, 9.17) is 0 Å². The Hall–Kier alpha value is -2.66. The van der Waals surface area contributed by atoms with E-state index in [9.17, 15) is 9.18 Å². The zero-order chi connectivity index (χ0) is 19.3. The first-order valence-electron chi connectivity index (χ1n) is 9.98. The first kappa shape index (κ1) is 18.7. The van der Waals surface area contributed by atoms with Crippen molar-refractivity contribution >= 4 is 23.4 Å². The lowest BCUT2D eigenvalue weighted by molar-refractivity contribution is -0.111. The fourth-order valence-electron chi connectivity index (χ4n) is 3.60. The fraction of sp³-hybridized carbons (Fsp3) is 0.348. The van der Waals surface area contributed by atoms with E-state index in [0.29, 0.717) is 5.56 Å². The van der Waals surface area contributed by atoms with Crippen molar-refractivity contribution in [2.45, 2.75) is 12.8 Å². The number of hydrogen-bond donors (Lipinski definition) is 1. The van der Waals surface area contributed by atoms with Crippen LogP contribution in [0.4, 0.5) is 15.8 Å². The lowest BCUT2D eigenvalue weighted by atomic mass is 10.2. The predicted molar refractivity (Wildman–Crippen MR) is 112 cm³/mol. The summed E-state index contributed by atoms with van der Waals surface area (Å²) in [6.07, 6.45) is 5.84. The van der Waals surface area contributed by atoms with E-state index >= 15 is 0 Å². The van der Waals surface area contributed by atoms with Crippen LogP contribution in [-0.4, -0.2) is 43.5 Å². The highest BCUT2D eigenvalue weighted by atomic mass is 19.1. The number of nitrogens with one attached hydrogen (secondary N) is 1. The summed E-state index contributed by atoms with van der Waals surface area (Å²) in [5.74, 6) is 0.397. The predicted octanol–water partition coefficient (Wildman–Crippen LogP) is 4.01. The van der Waals surface area contributed by atoms with Gasteiger partial charge in [-0.1, -0.05) is 18.2 Å². The molecule has 2 aliphatic rings. The van der Waals surface area contributed by atoms with Gasteiger partial charge in [0.15, 0.2) is 0 Å². The van der Waals surface area contributed by atoms with E-state index < -0.39 is 0 Å². The Balaban J connectivity index is 1.32. The largest absolute Gasteiger partial charge is 0.369 e. The molecule has 4 nitrogen and oxygen atoms in total. The summed E-state index contributed by atoms with van der Waals surface area (Å²) < 4.78 is 13.2. The van der Waals surface area contributed by atoms with Crippen LogP contribution >= 0.6 is 0 Å². The highest BCUT2D eigenvalue weighted by Gasteiger charge is 2.26. The molecular formula is C23H26FN3O. The molecule has 1 amide bonds. The van der Waals surface area contributed by atoms with E-state index in [-0.39, 0.29) is 11.7 Å². The Morgan fingerprint density at radius 2 is 1.86 bits per heavy atom. The quantitative estimate of drug-likeness (QED) is 0.771. The highest BCUT2D eigenvalue weighted by Crippen LogP contribution is 2.30. The molecule has 5 heteroatoms. The van der Waals surface area contributed by atoms with E-state index in [1.54, 1.807) is 18.2 Å². The van der Waals surface area contributed by atoms with Crippen LogP contribution in [0.5, 0.6) is 0 Å². The van der Waals surface area contributed by atoms with Gasteiger partial charge in [-0.15, -0.1) is 0 Å².